The summed E-state index contributed by atoms with van der Waals surface area (Å²) in [5.74, 6) is -3.15. The van der Waals surface area contributed by atoms with Gasteiger partial charge in [0.2, 0.25) is 0 Å². The number of hydrogen-bond acceptors (Lipinski definition) is 19. The number of rotatable bonds is 23. The fourth-order valence-corrected chi connectivity index (χ4v) is 10.0. The number of esters is 4. The number of carbonyl (C=O) groups excluding carboxylic acids is 5. The lowest BCUT2D eigenvalue weighted by molar-refractivity contribution is -0.376. The first-order valence-corrected chi connectivity index (χ1v) is 28.1. The van der Waals surface area contributed by atoms with E-state index < -0.39 is 122 Å². The van der Waals surface area contributed by atoms with Gasteiger partial charge in [-0.3, -0.25) is 4.79 Å². The van der Waals surface area contributed by atoms with E-state index in [9.17, 15) is 24.0 Å². The lowest BCUT2D eigenvalue weighted by atomic mass is 9.95. The summed E-state index contributed by atoms with van der Waals surface area (Å²) in [6, 6.07) is 51.4. The van der Waals surface area contributed by atoms with E-state index in [2.05, 4.69) is 5.32 Å². The number of carbonyl (C=O) groups is 5. The molecule has 15 atom stereocenters. The molecule has 3 fully saturated rings. The van der Waals surface area contributed by atoms with Crippen molar-refractivity contribution in [2.24, 2.45) is 5.73 Å². The molecular weight excluding hydrogens is 1100 g/mol. The molecular formula is C65H70N2O18. The minimum absolute atomic E-state index is 0.00441. The second-order valence-corrected chi connectivity index (χ2v) is 20.6. The molecule has 3 aliphatic heterocycles. The van der Waals surface area contributed by atoms with Crippen LogP contribution in [0.5, 0.6) is 0 Å². The van der Waals surface area contributed by atoms with Crippen LogP contribution in [0.15, 0.2) is 182 Å². The molecule has 85 heavy (non-hydrogen) atoms. The van der Waals surface area contributed by atoms with Gasteiger partial charge in [-0.25, -0.2) is 19.2 Å². The van der Waals surface area contributed by atoms with Crippen molar-refractivity contribution >= 4 is 30.0 Å². The van der Waals surface area contributed by atoms with E-state index in [-0.39, 0.29) is 49.7 Å². The molecule has 6 aromatic carbocycles. The Morgan fingerprint density at radius 1 is 0.412 bits per heavy atom. The molecule has 20 nitrogen and oxygen atoms in total. The monoisotopic (exact) mass is 1170 g/mol. The van der Waals surface area contributed by atoms with Gasteiger partial charge < -0.3 is 72.6 Å². The third-order valence-corrected chi connectivity index (χ3v) is 14.4. The summed E-state index contributed by atoms with van der Waals surface area (Å²) in [5.41, 5.74) is 9.63. The first-order valence-electron chi connectivity index (χ1n) is 28.1. The van der Waals surface area contributed by atoms with Gasteiger partial charge >= 0.3 is 30.0 Å². The maximum atomic E-state index is 14.7. The second-order valence-electron chi connectivity index (χ2n) is 20.6. The van der Waals surface area contributed by atoms with Gasteiger partial charge in [-0.05, 0) is 73.9 Å². The lowest BCUT2D eigenvalue weighted by Crippen LogP contribution is -2.68. The second kappa shape index (κ2) is 30.3. The molecule has 9 rings (SSSR count). The van der Waals surface area contributed by atoms with Crippen molar-refractivity contribution in [3.63, 3.8) is 0 Å². The largest absolute Gasteiger partial charge is 0.453 e. The van der Waals surface area contributed by atoms with Gasteiger partial charge in [0, 0.05) is 13.5 Å². The first kappa shape index (κ1) is 61.7. The van der Waals surface area contributed by atoms with Gasteiger partial charge in [-0.1, -0.05) is 146 Å². The summed E-state index contributed by atoms with van der Waals surface area (Å²) < 4.78 is 84.4. The van der Waals surface area contributed by atoms with Crippen LogP contribution in [0.3, 0.4) is 0 Å². The maximum absolute atomic E-state index is 14.7. The van der Waals surface area contributed by atoms with Gasteiger partial charge in [0.1, 0.15) is 31.0 Å². The average Bonchev–Trinajstić information content (AvgIpc) is 3.40. The van der Waals surface area contributed by atoms with Gasteiger partial charge in [0.25, 0.3) is 0 Å². The number of amides is 1. The Morgan fingerprint density at radius 3 is 1.19 bits per heavy atom. The molecule has 3 N–H and O–H groups in total. The predicted molar refractivity (Wildman–Crippen MR) is 304 cm³/mol. The summed E-state index contributed by atoms with van der Waals surface area (Å²) >= 11 is 0. The highest BCUT2D eigenvalue weighted by atomic mass is 16.8. The zero-order valence-corrected chi connectivity index (χ0v) is 47.4. The van der Waals surface area contributed by atoms with E-state index in [1.807, 2.05) is 91.0 Å². The standard InChI is InChI=1S/C65H70N2O18/c1-40-50(66)53(81-59(69)47-29-17-8-18-30-47)56(80-43(4)68)63(77-40)85-55-52(75-38-45-25-13-6-14-26-45)42(3)79-64(58(55)83-61(71)49-33-21-10-22-34-49)84-54-51(74-37-44-23-11-5-12-24-44)41(2)78-62(57(54)82-60(70)48-31-19-9-20-32-48)73-36-35-67-65(72)76-39-46-27-15-7-16-28-46/h5-34,40-42,50-58,62-64H,35-39,66H2,1-4H3,(H,67,72)/t40-,41+,42+,50-,51+,52+,53+,54-,55-,56-,57-,58-,62-,63+,64+/m1/s1. The normalized spacial score (nSPS) is 27.3. The number of nitrogens with one attached hydrogen (secondary N) is 1. The van der Waals surface area contributed by atoms with Crippen LogP contribution in [-0.2, 0) is 86.2 Å². The Labute approximate surface area is 492 Å². The molecule has 0 bridgehead atoms. The molecule has 3 heterocycles. The Hall–Kier alpha value is -7.89. The number of nitrogens with two attached hydrogens (primary N) is 1. The molecule has 3 saturated heterocycles. The van der Waals surface area contributed by atoms with Crippen molar-refractivity contribution in [3.8, 4) is 0 Å². The maximum Gasteiger partial charge on any atom is 0.407 e. The molecule has 3 aliphatic rings. The van der Waals surface area contributed by atoms with Gasteiger partial charge in [0.15, 0.2) is 43.3 Å². The van der Waals surface area contributed by atoms with E-state index in [4.69, 9.17) is 67.3 Å². The molecule has 20 heteroatoms. The number of ether oxygens (including phenoxy) is 13. The van der Waals surface area contributed by atoms with Crippen molar-refractivity contribution in [3.05, 3.63) is 215 Å². The minimum atomic E-state index is -1.65. The minimum Gasteiger partial charge on any atom is -0.453 e. The van der Waals surface area contributed by atoms with Gasteiger partial charge in [-0.2, -0.15) is 0 Å². The van der Waals surface area contributed by atoms with E-state index in [1.165, 1.54) is 6.92 Å². The molecule has 0 aliphatic carbocycles. The molecule has 6 aromatic rings. The summed E-state index contributed by atoms with van der Waals surface area (Å²) in [5, 5.41) is 2.68. The van der Waals surface area contributed by atoms with Crippen molar-refractivity contribution in [2.45, 2.75) is 140 Å². The zero-order chi connectivity index (χ0) is 59.7. The topological polar surface area (TPSA) is 243 Å². The number of hydrogen-bond donors (Lipinski definition) is 2. The third kappa shape index (κ3) is 16.7. The van der Waals surface area contributed by atoms with Crippen LogP contribution in [-0.4, -0.2) is 135 Å². The predicted octanol–water partition coefficient (Wildman–Crippen LogP) is 8.04. The van der Waals surface area contributed by atoms with Gasteiger partial charge in [-0.15, -0.1) is 0 Å². The molecule has 448 valence electrons. The van der Waals surface area contributed by atoms with E-state index in [0.717, 1.165) is 16.7 Å². The molecule has 0 unspecified atom stereocenters. The fourth-order valence-electron chi connectivity index (χ4n) is 10.0. The summed E-state index contributed by atoms with van der Waals surface area (Å²) in [6.45, 7) is 6.10. The van der Waals surface area contributed by atoms with E-state index >= 15 is 0 Å². The summed E-state index contributed by atoms with van der Waals surface area (Å²) in [6.07, 6.45) is -19.1. The van der Waals surface area contributed by atoms with E-state index in [1.54, 1.807) is 112 Å². The zero-order valence-electron chi connectivity index (χ0n) is 47.4. The van der Waals surface area contributed by atoms with Crippen LogP contribution in [0.1, 0.15) is 75.5 Å². The van der Waals surface area contributed by atoms with Crippen molar-refractivity contribution in [2.75, 3.05) is 13.2 Å². The lowest BCUT2D eigenvalue weighted by Gasteiger charge is -2.50. The molecule has 0 radical (unpaired) electrons. The average molecular weight is 1170 g/mol. The SMILES string of the molecule is CC(=O)O[C@H]1[C@H](O[C@@H]2[C@@H](OCc3ccccc3)[C@H](C)O[C@@H](O[C@@H]3[C@@H](OCc4ccccc4)[C@H](C)O[C@@H](OCCNC(=O)OCc4ccccc4)[C@@H]3OC(=O)c3ccccc3)[C@@H]2OC(=O)c2ccccc2)O[C@H](C)[C@@H](N)[C@@H]1OC(=O)c1ccccc1. The fraction of sp³-hybridized carbons (Fsp3) is 0.369. The number of benzene rings is 6. The van der Waals surface area contributed by atoms with Crippen molar-refractivity contribution in [1.29, 1.82) is 0 Å². The highest BCUT2D eigenvalue weighted by Gasteiger charge is 2.57. The smallest absolute Gasteiger partial charge is 0.407 e. The highest BCUT2D eigenvalue weighted by Crippen LogP contribution is 2.38. The Bertz CT molecular complexity index is 3060. The summed E-state index contributed by atoms with van der Waals surface area (Å²) in [7, 11) is 0. The molecule has 0 aromatic heterocycles. The van der Waals surface area contributed by atoms with Crippen molar-refractivity contribution in [1.82, 2.24) is 5.32 Å². The number of alkyl carbamates (subject to hydrolysis) is 1. The molecule has 1 amide bonds. The van der Waals surface area contributed by atoms with Crippen LogP contribution in [0.4, 0.5) is 4.79 Å². The van der Waals surface area contributed by atoms with E-state index in [0.29, 0.717) is 0 Å². The summed E-state index contributed by atoms with van der Waals surface area (Å²) in [4.78, 5) is 68.9. The highest BCUT2D eigenvalue weighted by molar-refractivity contribution is 5.90. The molecule has 0 saturated carbocycles. The molecule has 0 spiro atoms. The Morgan fingerprint density at radius 2 is 0.765 bits per heavy atom. The van der Waals surface area contributed by atoms with Gasteiger partial charge in [0.05, 0.1) is 60.9 Å². The van der Waals surface area contributed by atoms with Crippen LogP contribution >= 0.6 is 0 Å². The van der Waals surface area contributed by atoms with Crippen LogP contribution in [0.2, 0.25) is 0 Å². The van der Waals surface area contributed by atoms with Crippen LogP contribution in [0.25, 0.3) is 0 Å². The van der Waals surface area contributed by atoms with Crippen LogP contribution in [0, 0.1) is 0 Å². The first-order chi connectivity index (χ1) is 41.3. The third-order valence-electron chi connectivity index (χ3n) is 14.4. The quantitative estimate of drug-likeness (QED) is 0.0350. The Balaban J connectivity index is 1.10. The van der Waals surface area contributed by atoms with Crippen LogP contribution < -0.4 is 11.1 Å². The van der Waals surface area contributed by atoms with Crippen molar-refractivity contribution < 1.29 is 85.6 Å². The Kier molecular flexibility index (Phi) is 22.0.